The molecule has 0 aliphatic carbocycles. The van der Waals surface area contributed by atoms with Crippen LogP contribution in [0.5, 0.6) is 0 Å². The Morgan fingerprint density at radius 1 is 0.686 bits per heavy atom. The number of hydrogen-bond acceptors (Lipinski definition) is 18. The number of hydrogen-bond donors (Lipinski definition) is 13. The van der Waals surface area contributed by atoms with Gasteiger partial charge in [0.05, 0.1) is 12.0 Å². The third-order valence-electron chi connectivity index (χ3n) is 18.9. The van der Waals surface area contributed by atoms with Crippen LogP contribution in [0.4, 0.5) is 0 Å². The number of carbonyl (C=O) groups is 14. The number of esters is 1. The maximum atomic E-state index is 15.0. The highest BCUT2D eigenvalue weighted by Gasteiger charge is 2.45. The van der Waals surface area contributed by atoms with Gasteiger partial charge in [0.25, 0.3) is 5.91 Å². The molecule has 2 aliphatic heterocycles. The summed E-state index contributed by atoms with van der Waals surface area (Å²) in [6.07, 6.45) is 0.635. The molecule has 0 spiro atoms. The molecule has 2 saturated heterocycles. The minimum atomic E-state index is -1.83. The number of aliphatic hydroxyl groups is 1. The van der Waals surface area contributed by atoms with E-state index in [1.54, 1.807) is 113 Å². The third-order valence-corrected chi connectivity index (χ3v) is 19.3. The van der Waals surface area contributed by atoms with Gasteiger partial charge < -0.3 is 73.6 Å². The number of benzene rings is 1. The summed E-state index contributed by atoms with van der Waals surface area (Å²) in [4.78, 5) is 202. The first kappa shape index (κ1) is 88.4. The molecule has 3 rings (SSSR count). The molecule has 13 N–H and O–H groups in total. The first-order valence-corrected chi connectivity index (χ1v) is 36.9. The molecule has 0 saturated carbocycles. The van der Waals surface area contributed by atoms with Crippen molar-refractivity contribution in [2.24, 2.45) is 59.0 Å². The molecule has 29 heteroatoms. The number of carbonyl (C=O) groups excluding carboxylic acids is 14. The van der Waals surface area contributed by atoms with Crippen molar-refractivity contribution in [2.75, 3.05) is 18.8 Å². The summed E-state index contributed by atoms with van der Waals surface area (Å²) in [6.45, 7) is 28.1. The van der Waals surface area contributed by atoms with Gasteiger partial charge in [-0.05, 0) is 106 Å². The van der Waals surface area contributed by atoms with E-state index in [4.69, 9.17) is 10.5 Å². The summed E-state index contributed by atoms with van der Waals surface area (Å²) in [5.74, 6) is -18.3. The van der Waals surface area contributed by atoms with E-state index in [2.05, 4.69) is 65.8 Å². The van der Waals surface area contributed by atoms with Crippen LogP contribution >= 0.6 is 12.6 Å². The van der Waals surface area contributed by atoms with Crippen molar-refractivity contribution >= 4 is 95.1 Å². The second-order valence-electron chi connectivity index (χ2n) is 29.0. The van der Waals surface area contributed by atoms with Crippen LogP contribution in [0.1, 0.15) is 181 Å². The minimum absolute atomic E-state index is 0.0353. The lowest BCUT2D eigenvalue weighted by molar-refractivity contribution is -0.157. The fourth-order valence-corrected chi connectivity index (χ4v) is 12.4. The molecular formula is C73H118N12O16S. The number of Topliss-reactive ketones (excluding diaryl/α,β-unsaturated/α-hetero) is 2. The summed E-state index contributed by atoms with van der Waals surface area (Å²) in [5, 5.41) is 37.8. The van der Waals surface area contributed by atoms with E-state index in [1.165, 1.54) is 31.7 Å². The highest BCUT2D eigenvalue weighted by Crippen LogP contribution is 2.24. The number of nitrogens with zero attached hydrogens (tertiary/aromatic N) is 1. The van der Waals surface area contributed by atoms with Gasteiger partial charge in [0.2, 0.25) is 59.1 Å². The zero-order chi connectivity index (χ0) is 77.2. The number of nitrogens with two attached hydrogens (primary N) is 1. The summed E-state index contributed by atoms with van der Waals surface area (Å²) in [5.41, 5.74) is 6.33. The number of allylic oxidation sites excluding steroid dienone is 1. The second-order valence-corrected chi connectivity index (χ2v) is 29.4. The fourth-order valence-electron chi connectivity index (χ4n) is 12.0. The Morgan fingerprint density at radius 2 is 1.27 bits per heavy atom. The molecule has 572 valence electrons. The maximum absolute atomic E-state index is 15.0. The number of thiol groups is 1. The summed E-state index contributed by atoms with van der Waals surface area (Å²) >= 11 is 4.24. The van der Waals surface area contributed by atoms with Crippen molar-refractivity contribution in [3.63, 3.8) is 0 Å². The van der Waals surface area contributed by atoms with Gasteiger partial charge in [0.15, 0.2) is 5.78 Å². The topological polar surface area (TPSA) is 418 Å². The van der Waals surface area contributed by atoms with E-state index >= 15 is 9.59 Å². The van der Waals surface area contributed by atoms with Gasteiger partial charge in [-0.2, -0.15) is 12.6 Å². The van der Waals surface area contributed by atoms with Gasteiger partial charge >= 0.3 is 5.97 Å². The van der Waals surface area contributed by atoms with Crippen LogP contribution in [0, 0.1) is 53.3 Å². The number of nitrogens with one attached hydrogen (secondary N) is 10. The first-order chi connectivity index (χ1) is 47.9. The van der Waals surface area contributed by atoms with Gasteiger partial charge in [0, 0.05) is 25.1 Å². The van der Waals surface area contributed by atoms with Crippen LogP contribution in [-0.4, -0.2) is 184 Å². The molecule has 0 bridgehead atoms. The normalized spacial score (nSPS) is 22.9. The number of rotatable bonds is 33. The Bertz CT molecular complexity index is 3090. The monoisotopic (exact) mass is 1450 g/mol. The number of ether oxygens (including phenoxy) is 1. The summed E-state index contributed by atoms with van der Waals surface area (Å²) in [7, 11) is 0. The van der Waals surface area contributed by atoms with Crippen LogP contribution in [0.2, 0.25) is 0 Å². The predicted octanol–water partition coefficient (Wildman–Crippen LogP) is 2.51. The maximum Gasteiger partial charge on any atom is 0.329 e. The molecular weight excluding hydrogens is 1330 g/mol. The molecule has 1 aromatic rings. The molecule has 102 heavy (non-hydrogen) atoms. The predicted molar refractivity (Wildman–Crippen MR) is 387 cm³/mol. The van der Waals surface area contributed by atoms with Gasteiger partial charge in [-0.1, -0.05) is 153 Å². The van der Waals surface area contributed by atoms with Crippen LogP contribution in [-0.2, 0) is 78.3 Å². The Morgan fingerprint density at radius 3 is 1.81 bits per heavy atom. The van der Waals surface area contributed by atoms with Crippen LogP contribution < -0.4 is 58.9 Å². The fraction of sp³-hybridized carbons (Fsp3) is 0.699. The lowest BCUT2D eigenvalue weighted by Crippen LogP contribution is -2.64. The lowest BCUT2D eigenvalue weighted by atomic mass is 9.85. The molecule has 2 heterocycles. The van der Waals surface area contributed by atoms with E-state index in [0.29, 0.717) is 30.7 Å². The Kier molecular flexibility index (Phi) is 37.0. The minimum Gasteiger partial charge on any atom is -0.458 e. The zero-order valence-corrected chi connectivity index (χ0v) is 63.7. The Hall–Kier alpha value is -7.79. The highest BCUT2D eigenvalue weighted by molar-refractivity contribution is 7.80. The molecule has 1 aromatic carbocycles. The largest absolute Gasteiger partial charge is 0.458 e. The van der Waals surface area contributed by atoms with E-state index in [-0.39, 0.29) is 63.1 Å². The third kappa shape index (κ3) is 25.9. The summed E-state index contributed by atoms with van der Waals surface area (Å²) < 4.78 is 5.96. The van der Waals surface area contributed by atoms with Crippen LogP contribution in [0.15, 0.2) is 42.1 Å². The standard InChI is InChI=1S/C73H118N12O16S/c1-18-42(14)58(70(97)84-60-45(17)101-73(100)57(41(12)13)81-62(89)48(20-3)75-64(91)50(35-46-28-22-21-23-29-46)77-67(94)54(38(6)7)79-69(96)59(43(15)19-2)83-71(60)98)82-63(90)49(30-25-33-74)76-65(92)51-31-26-34-85(51)72(99)56(40(10)11)80-68(95)55(39(8)9)78-66(93)53(44(16)86)61(88)47(36-102)52(87)32-24-27-37(4)5/h20-23,28-29,37-45,47,49-51,53-60,86,102H,18-19,24-27,30-36,74H2,1-17H3,(H,75,91)(H,76,92)(H,77,94)(H,78,93)(H,79,96)(H,80,95)(H,81,89)(H,82,90)(H,83,98)(H,84,97)/b48-20-/t42-,43+,44-,45+,47+,49+,50-,51-,53+,54-,55+,56-,57+,58+,59-,60-/m1/s1. The molecule has 11 amide bonds. The molecule has 28 nitrogen and oxygen atoms in total. The SMILES string of the molecule is C/C=C1\NC(=O)[C@@H](Cc2ccccc2)NC(=O)[C@@H](C(C)C)NC(=O)[C@@H]([C@@H](C)CC)NC(=O)[C@H](NC(=O)[C@@H](NC(=O)[C@H](CCCN)NC(=O)[C@H]2CCCN2C(=O)[C@H](NC(=O)[C@@H](NC(=O)[C@H](C(=O)[C@@H](CS)C(=O)CCCC(C)C)[C@@H](C)O)C(C)C)C(C)C)[C@H](C)CC)[C@H](C)OC(=O)[C@H](C(C)C)NC1=O. The molecule has 0 radical (unpaired) electrons. The van der Waals surface area contributed by atoms with Gasteiger partial charge in [-0.25, -0.2) is 4.79 Å². The van der Waals surface area contributed by atoms with Crippen LogP contribution in [0.3, 0.4) is 0 Å². The lowest BCUT2D eigenvalue weighted by Gasteiger charge is -2.33. The van der Waals surface area contributed by atoms with Crippen LogP contribution in [0.25, 0.3) is 0 Å². The zero-order valence-electron chi connectivity index (χ0n) is 62.8. The molecule has 2 aliphatic rings. The average molecular weight is 1450 g/mol. The van der Waals surface area contributed by atoms with E-state index in [9.17, 15) is 62.6 Å². The van der Waals surface area contributed by atoms with E-state index in [1.807, 2.05) is 13.8 Å². The Balaban J connectivity index is 2.02. The van der Waals surface area contributed by atoms with E-state index in [0.717, 1.165) is 6.42 Å². The van der Waals surface area contributed by atoms with Crippen molar-refractivity contribution < 1.29 is 77.0 Å². The second kappa shape index (κ2) is 42.7. The van der Waals surface area contributed by atoms with E-state index < -0.39 is 202 Å². The van der Waals surface area contributed by atoms with Gasteiger partial charge in [0.1, 0.15) is 83.9 Å². The molecule has 0 aromatic heterocycles. The van der Waals surface area contributed by atoms with Crippen molar-refractivity contribution in [3.8, 4) is 0 Å². The smallest absolute Gasteiger partial charge is 0.329 e. The first-order valence-electron chi connectivity index (χ1n) is 36.2. The van der Waals surface area contributed by atoms with Crippen molar-refractivity contribution in [1.29, 1.82) is 0 Å². The number of ketones is 2. The molecule has 2 fully saturated rings. The number of likely N-dealkylation sites (tertiary alicyclic amines) is 1. The van der Waals surface area contributed by atoms with Crippen molar-refractivity contribution in [3.05, 3.63) is 47.7 Å². The quantitative estimate of drug-likeness (QED) is 0.0208. The highest BCUT2D eigenvalue weighted by atomic mass is 32.1. The van der Waals surface area contributed by atoms with Gasteiger partial charge in [-0.3, -0.25) is 62.3 Å². The van der Waals surface area contributed by atoms with Gasteiger partial charge in [-0.15, -0.1) is 0 Å². The van der Waals surface area contributed by atoms with Crippen molar-refractivity contribution in [2.45, 2.75) is 255 Å². The summed E-state index contributed by atoms with van der Waals surface area (Å²) in [6, 6.07) is -5.10. The number of aliphatic hydroxyl groups excluding tert-OH is 1. The molecule has 0 unspecified atom stereocenters. The Labute approximate surface area is 607 Å². The number of amides is 11. The van der Waals surface area contributed by atoms with Crippen molar-refractivity contribution in [1.82, 2.24) is 58.1 Å². The molecule has 16 atom stereocenters. The average Bonchev–Trinajstić information content (AvgIpc) is 1.62. The number of cyclic esters (lactones) is 1.